The number of hydrogen-bond acceptors (Lipinski definition) is 5. The van der Waals surface area contributed by atoms with Crippen LogP contribution < -0.4 is 27.2 Å². The minimum atomic E-state index is -0.564. The quantitative estimate of drug-likeness (QED) is 0.610. The van der Waals surface area contributed by atoms with Crippen molar-refractivity contribution in [1.82, 2.24) is 14.9 Å². The molecule has 0 spiro atoms. The van der Waals surface area contributed by atoms with Gasteiger partial charge in [0.15, 0.2) is 5.11 Å². The predicted octanol–water partition coefficient (Wildman–Crippen LogP) is 0.265. The lowest BCUT2D eigenvalue weighted by molar-refractivity contribution is 0.179. The van der Waals surface area contributed by atoms with E-state index in [1.54, 1.807) is 14.2 Å². The van der Waals surface area contributed by atoms with E-state index in [0.29, 0.717) is 18.3 Å². The Hall–Kier alpha value is -1.87. The number of aromatic nitrogens is 2. The highest BCUT2D eigenvalue weighted by Crippen LogP contribution is 2.15. The number of methoxy groups -OCH3 is 1. The molecule has 0 saturated heterocycles. The van der Waals surface area contributed by atoms with Crippen molar-refractivity contribution in [3.63, 3.8) is 0 Å². The van der Waals surface area contributed by atoms with Crippen LogP contribution in [-0.2, 0) is 11.3 Å². The summed E-state index contributed by atoms with van der Waals surface area (Å²) in [5.41, 5.74) is 5.13. The first-order valence-corrected chi connectivity index (χ1v) is 7.90. The topological polar surface area (TPSA) is 105 Å². The second-order valence-corrected chi connectivity index (χ2v) is 5.75. The Morgan fingerprint density at radius 1 is 1.52 bits per heavy atom. The van der Waals surface area contributed by atoms with Gasteiger partial charge in [0.1, 0.15) is 11.5 Å². The average molecular weight is 343 g/mol. The lowest BCUT2D eigenvalue weighted by atomic mass is 10.3. The molecule has 4 N–H and O–H groups in total. The fourth-order valence-corrected chi connectivity index (χ4v) is 2.43. The summed E-state index contributed by atoms with van der Waals surface area (Å²) in [4.78, 5) is 27.8. The molecule has 1 atom stereocenters. The number of ether oxygens (including phenoxy) is 1. The second-order valence-electron chi connectivity index (χ2n) is 5.36. The Morgan fingerprint density at radius 3 is 2.74 bits per heavy atom. The third-order valence-corrected chi connectivity index (χ3v) is 3.77. The molecule has 0 aliphatic heterocycles. The van der Waals surface area contributed by atoms with Crippen LogP contribution in [0.1, 0.15) is 26.7 Å². The molecule has 0 amide bonds. The minimum absolute atomic E-state index is 0.0266. The Bertz CT molecular complexity index is 655. The molecule has 9 heteroatoms. The van der Waals surface area contributed by atoms with Crippen LogP contribution in [0.2, 0.25) is 0 Å². The molecule has 0 saturated carbocycles. The van der Waals surface area contributed by atoms with Gasteiger partial charge in [-0.3, -0.25) is 14.3 Å². The van der Waals surface area contributed by atoms with Crippen molar-refractivity contribution in [1.29, 1.82) is 0 Å². The maximum Gasteiger partial charge on any atom is 0.330 e. The van der Waals surface area contributed by atoms with Gasteiger partial charge >= 0.3 is 5.69 Å². The van der Waals surface area contributed by atoms with Crippen molar-refractivity contribution in [2.75, 3.05) is 31.4 Å². The van der Waals surface area contributed by atoms with E-state index < -0.39 is 11.2 Å². The van der Waals surface area contributed by atoms with Gasteiger partial charge < -0.3 is 20.7 Å². The highest BCUT2D eigenvalue weighted by atomic mass is 32.1. The molecule has 1 unspecified atom stereocenters. The van der Waals surface area contributed by atoms with Crippen LogP contribution in [0, 0.1) is 0 Å². The lowest BCUT2D eigenvalue weighted by Crippen LogP contribution is -2.46. The second kappa shape index (κ2) is 8.68. The number of unbranched alkanes of at least 4 members (excludes halogenated alkanes) is 1. The van der Waals surface area contributed by atoms with Gasteiger partial charge in [0.2, 0.25) is 0 Å². The highest BCUT2D eigenvalue weighted by molar-refractivity contribution is 7.80. The third kappa shape index (κ3) is 4.80. The van der Waals surface area contributed by atoms with Crippen LogP contribution in [0.15, 0.2) is 9.59 Å². The molecular formula is C14H25N5O3S. The number of nitrogen functional groups attached to an aromatic ring is 1. The largest absolute Gasteiger partial charge is 0.383 e. The molecule has 1 aromatic heterocycles. The summed E-state index contributed by atoms with van der Waals surface area (Å²) in [6.45, 7) is 4.82. The van der Waals surface area contributed by atoms with E-state index in [1.165, 1.54) is 9.47 Å². The van der Waals surface area contributed by atoms with E-state index >= 15 is 0 Å². The molecule has 8 nitrogen and oxygen atoms in total. The highest BCUT2D eigenvalue weighted by Gasteiger charge is 2.19. The van der Waals surface area contributed by atoms with Crippen molar-refractivity contribution < 1.29 is 4.74 Å². The zero-order chi connectivity index (χ0) is 17.6. The number of aromatic amines is 1. The van der Waals surface area contributed by atoms with Gasteiger partial charge in [0.25, 0.3) is 5.56 Å². The van der Waals surface area contributed by atoms with Gasteiger partial charge in [-0.25, -0.2) is 4.79 Å². The van der Waals surface area contributed by atoms with Gasteiger partial charge in [-0.15, -0.1) is 0 Å². The zero-order valence-corrected chi connectivity index (χ0v) is 14.8. The van der Waals surface area contributed by atoms with E-state index in [0.717, 1.165) is 12.8 Å². The monoisotopic (exact) mass is 343 g/mol. The van der Waals surface area contributed by atoms with Crippen molar-refractivity contribution in [2.24, 2.45) is 0 Å². The fourth-order valence-electron chi connectivity index (χ4n) is 2.14. The summed E-state index contributed by atoms with van der Waals surface area (Å²) in [7, 11) is 3.22. The molecule has 0 bridgehead atoms. The van der Waals surface area contributed by atoms with Crippen LogP contribution in [-0.4, -0.2) is 41.5 Å². The summed E-state index contributed by atoms with van der Waals surface area (Å²) in [6, 6.07) is -0.0266. The van der Waals surface area contributed by atoms with E-state index in [2.05, 4.69) is 10.3 Å². The van der Waals surface area contributed by atoms with Gasteiger partial charge in [-0.2, -0.15) is 0 Å². The van der Waals surface area contributed by atoms with Gasteiger partial charge in [-0.05, 0) is 25.6 Å². The number of thiocarbonyl (C=S) groups is 1. The number of hydrogen-bond donors (Lipinski definition) is 3. The maximum absolute atomic E-state index is 12.1. The predicted molar refractivity (Wildman–Crippen MR) is 96.1 cm³/mol. The van der Waals surface area contributed by atoms with Crippen LogP contribution in [0.4, 0.5) is 11.5 Å². The fraction of sp³-hybridized carbons (Fsp3) is 0.643. The first-order valence-electron chi connectivity index (χ1n) is 7.49. The van der Waals surface area contributed by atoms with Gasteiger partial charge in [0.05, 0.1) is 6.61 Å². The van der Waals surface area contributed by atoms with E-state index in [1.807, 2.05) is 13.8 Å². The Morgan fingerprint density at radius 2 is 2.17 bits per heavy atom. The number of nitrogens with zero attached hydrogens (tertiary/aromatic N) is 2. The van der Waals surface area contributed by atoms with E-state index in [4.69, 9.17) is 22.7 Å². The zero-order valence-electron chi connectivity index (χ0n) is 14.0. The van der Waals surface area contributed by atoms with Crippen molar-refractivity contribution in [2.45, 2.75) is 39.3 Å². The molecular weight excluding hydrogens is 318 g/mol. The van der Waals surface area contributed by atoms with Gasteiger partial charge in [-0.1, -0.05) is 13.3 Å². The first-order chi connectivity index (χ1) is 10.8. The summed E-state index contributed by atoms with van der Waals surface area (Å²) in [5.74, 6) is 0.109. The van der Waals surface area contributed by atoms with Gasteiger partial charge in [0, 0.05) is 26.7 Å². The molecule has 1 heterocycles. The summed E-state index contributed by atoms with van der Waals surface area (Å²) in [6.07, 6.45) is 1.69. The molecule has 1 rings (SSSR count). The molecule has 0 aromatic carbocycles. The van der Waals surface area contributed by atoms with E-state index in [9.17, 15) is 9.59 Å². The lowest BCUT2D eigenvalue weighted by Gasteiger charge is -2.25. The van der Waals surface area contributed by atoms with Crippen LogP contribution >= 0.6 is 12.2 Å². The van der Waals surface area contributed by atoms with Crippen LogP contribution in [0.3, 0.4) is 0 Å². The first kappa shape index (κ1) is 19.2. The number of rotatable bonds is 7. The smallest absolute Gasteiger partial charge is 0.330 e. The summed E-state index contributed by atoms with van der Waals surface area (Å²) in [5, 5.41) is 3.37. The van der Waals surface area contributed by atoms with Crippen LogP contribution in [0.5, 0.6) is 0 Å². The van der Waals surface area contributed by atoms with Crippen LogP contribution in [0.25, 0.3) is 0 Å². The minimum Gasteiger partial charge on any atom is -0.383 e. The third-order valence-electron chi connectivity index (χ3n) is 3.38. The van der Waals surface area contributed by atoms with Crippen molar-refractivity contribution in [3.05, 3.63) is 20.8 Å². The Balaban J connectivity index is 3.13. The maximum atomic E-state index is 12.1. The number of nitrogens with one attached hydrogen (secondary N) is 2. The number of nitrogens with two attached hydrogens (primary N) is 1. The molecule has 0 radical (unpaired) electrons. The standard InChI is InChI=1S/C14H25N5O3S/c1-5-6-7-19-11(15)10(12(20)17-13(19)21)18(3)14(23)16-9(2)8-22-4/h9H,5-8,15H2,1-4H3,(H,16,23)(H,17,20,21). The number of anilines is 2. The molecule has 0 aliphatic rings. The summed E-state index contributed by atoms with van der Waals surface area (Å²) >= 11 is 5.30. The Labute approximate surface area is 140 Å². The van der Waals surface area contributed by atoms with Crippen molar-refractivity contribution in [3.8, 4) is 0 Å². The molecule has 23 heavy (non-hydrogen) atoms. The summed E-state index contributed by atoms with van der Waals surface area (Å²) < 4.78 is 6.40. The molecule has 0 aliphatic carbocycles. The van der Waals surface area contributed by atoms with Crippen molar-refractivity contribution >= 4 is 28.8 Å². The average Bonchev–Trinajstić information content (AvgIpc) is 2.46. The van der Waals surface area contributed by atoms with E-state index in [-0.39, 0.29) is 17.5 Å². The number of H-pyrrole nitrogens is 1. The molecule has 0 fully saturated rings. The Kier molecular flexibility index (Phi) is 7.24. The normalized spacial score (nSPS) is 12.0. The SMILES string of the molecule is CCCCn1c(N)c(N(C)C(=S)NC(C)COC)c(=O)[nH]c1=O. The molecule has 130 valence electrons. The molecule has 1 aromatic rings.